The molecular formula is C13H14O2. The summed E-state index contributed by atoms with van der Waals surface area (Å²) in [6, 6.07) is 7.10. The van der Waals surface area contributed by atoms with Crippen molar-refractivity contribution in [3.05, 3.63) is 35.4 Å². The molecule has 2 rings (SSSR count). The molecule has 78 valence electrons. The van der Waals surface area contributed by atoms with Crippen molar-refractivity contribution >= 4 is 11.9 Å². The lowest BCUT2D eigenvalue weighted by Gasteiger charge is -2.12. The van der Waals surface area contributed by atoms with Crippen LogP contribution < -0.4 is 0 Å². The Balaban J connectivity index is 2.29. The number of carbonyl (C=O) groups excluding carboxylic acids is 1. The second-order valence-electron chi connectivity index (χ2n) is 3.86. The standard InChI is InChI=1S/C13H14O2/c14-12-7-3-1-5-10(12)9-11-6-2-4-8-13(11)15/h1,3,5,7,9,14H,2,4,6,8H2/b11-9+. The first kappa shape index (κ1) is 9.97. The van der Waals surface area contributed by atoms with E-state index >= 15 is 0 Å². The van der Waals surface area contributed by atoms with Gasteiger partial charge in [0.25, 0.3) is 0 Å². The molecule has 1 aromatic rings. The van der Waals surface area contributed by atoms with Crippen molar-refractivity contribution in [1.82, 2.24) is 0 Å². The second kappa shape index (κ2) is 4.30. The van der Waals surface area contributed by atoms with Crippen LogP contribution in [0.25, 0.3) is 6.08 Å². The first-order valence-corrected chi connectivity index (χ1v) is 5.29. The smallest absolute Gasteiger partial charge is 0.158 e. The van der Waals surface area contributed by atoms with Crippen molar-refractivity contribution < 1.29 is 9.90 Å². The van der Waals surface area contributed by atoms with E-state index in [1.165, 1.54) is 0 Å². The number of Topliss-reactive ketones (excluding diaryl/α,β-unsaturated/α-hetero) is 1. The van der Waals surface area contributed by atoms with Gasteiger partial charge in [0.1, 0.15) is 5.75 Å². The average Bonchev–Trinajstić information content (AvgIpc) is 2.24. The fourth-order valence-corrected chi connectivity index (χ4v) is 1.85. The maximum Gasteiger partial charge on any atom is 0.158 e. The minimum atomic E-state index is 0.226. The summed E-state index contributed by atoms with van der Waals surface area (Å²) in [5, 5.41) is 9.57. The summed E-state index contributed by atoms with van der Waals surface area (Å²) in [7, 11) is 0. The molecule has 0 aromatic heterocycles. The Morgan fingerprint density at radius 3 is 2.60 bits per heavy atom. The predicted octanol–water partition coefficient (Wildman–Crippen LogP) is 2.92. The van der Waals surface area contributed by atoms with Crippen molar-refractivity contribution in [2.75, 3.05) is 0 Å². The quantitative estimate of drug-likeness (QED) is 0.711. The highest BCUT2D eigenvalue weighted by Crippen LogP contribution is 2.25. The molecule has 1 saturated carbocycles. The molecule has 1 aliphatic rings. The van der Waals surface area contributed by atoms with Gasteiger partial charge < -0.3 is 5.11 Å². The van der Waals surface area contributed by atoms with Crippen molar-refractivity contribution in [2.45, 2.75) is 25.7 Å². The topological polar surface area (TPSA) is 37.3 Å². The Morgan fingerprint density at radius 1 is 1.13 bits per heavy atom. The molecule has 2 nitrogen and oxygen atoms in total. The molecule has 1 N–H and O–H groups in total. The molecule has 0 heterocycles. The van der Waals surface area contributed by atoms with Crippen LogP contribution in [0.4, 0.5) is 0 Å². The van der Waals surface area contributed by atoms with E-state index in [0.717, 1.165) is 30.4 Å². The van der Waals surface area contributed by atoms with Gasteiger partial charge in [-0.05, 0) is 37.0 Å². The molecule has 0 amide bonds. The van der Waals surface area contributed by atoms with Gasteiger partial charge in [-0.25, -0.2) is 0 Å². The summed E-state index contributed by atoms with van der Waals surface area (Å²) >= 11 is 0. The van der Waals surface area contributed by atoms with Crippen molar-refractivity contribution in [1.29, 1.82) is 0 Å². The predicted molar refractivity (Wildman–Crippen MR) is 59.6 cm³/mol. The van der Waals surface area contributed by atoms with Crippen LogP contribution in [0.5, 0.6) is 5.75 Å². The molecule has 0 aliphatic heterocycles. The Kier molecular flexibility index (Phi) is 2.86. The van der Waals surface area contributed by atoms with Gasteiger partial charge in [0.2, 0.25) is 0 Å². The van der Waals surface area contributed by atoms with E-state index in [2.05, 4.69) is 0 Å². The lowest BCUT2D eigenvalue weighted by molar-refractivity contribution is -0.116. The third-order valence-corrected chi connectivity index (χ3v) is 2.72. The minimum Gasteiger partial charge on any atom is -0.507 e. The van der Waals surface area contributed by atoms with Crippen LogP contribution in [-0.4, -0.2) is 10.9 Å². The zero-order valence-corrected chi connectivity index (χ0v) is 8.57. The number of phenols is 1. The van der Waals surface area contributed by atoms with E-state index in [-0.39, 0.29) is 11.5 Å². The van der Waals surface area contributed by atoms with E-state index < -0.39 is 0 Å². The van der Waals surface area contributed by atoms with Gasteiger partial charge in [0.15, 0.2) is 5.78 Å². The van der Waals surface area contributed by atoms with Crippen molar-refractivity contribution in [3.8, 4) is 5.75 Å². The molecule has 1 aromatic carbocycles. The maximum absolute atomic E-state index is 11.6. The first-order valence-electron chi connectivity index (χ1n) is 5.29. The minimum absolute atomic E-state index is 0.226. The average molecular weight is 202 g/mol. The SMILES string of the molecule is O=C1CCCC/C1=C\c1ccccc1O. The summed E-state index contributed by atoms with van der Waals surface area (Å²) in [6.07, 6.45) is 5.38. The zero-order chi connectivity index (χ0) is 10.7. The summed E-state index contributed by atoms with van der Waals surface area (Å²) < 4.78 is 0. The van der Waals surface area contributed by atoms with Gasteiger partial charge in [-0.1, -0.05) is 18.2 Å². The first-order chi connectivity index (χ1) is 7.27. The number of ketones is 1. The van der Waals surface area contributed by atoms with E-state index in [0.29, 0.717) is 6.42 Å². The number of hydrogen-bond acceptors (Lipinski definition) is 2. The van der Waals surface area contributed by atoms with Gasteiger partial charge in [0.05, 0.1) is 0 Å². The Labute approximate surface area is 89.2 Å². The number of benzene rings is 1. The summed E-state index contributed by atoms with van der Waals surface area (Å²) in [5.74, 6) is 0.466. The van der Waals surface area contributed by atoms with Crippen LogP contribution in [0.1, 0.15) is 31.2 Å². The lowest BCUT2D eigenvalue weighted by atomic mass is 9.92. The zero-order valence-electron chi connectivity index (χ0n) is 8.57. The number of carbonyl (C=O) groups is 1. The third kappa shape index (κ3) is 2.27. The number of allylic oxidation sites excluding steroid dienone is 1. The largest absolute Gasteiger partial charge is 0.507 e. The third-order valence-electron chi connectivity index (χ3n) is 2.72. The van der Waals surface area contributed by atoms with E-state index in [1.807, 2.05) is 18.2 Å². The van der Waals surface area contributed by atoms with E-state index in [4.69, 9.17) is 0 Å². The molecular weight excluding hydrogens is 188 g/mol. The second-order valence-corrected chi connectivity index (χ2v) is 3.86. The van der Waals surface area contributed by atoms with Gasteiger partial charge in [-0.3, -0.25) is 4.79 Å². The number of para-hydroxylation sites is 1. The van der Waals surface area contributed by atoms with Crippen molar-refractivity contribution in [3.63, 3.8) is 0 Å². The van der Waals surface area contributed by atoms with Gasteiger partial charge in [-0.15, -0.1) is 0 Å². The van der Waals surface area contributed by atoms with Gasteiger partial charge in [0, 0.05) is 12.0 Å². The monoisotopic (exact) mass is 202 g/mol. The Morgan fingerprint density at radius 2 is 1.87 bits per heavy atom. The van der Waals surface area contributed by atoms with E-state index in [1.54, 1.807) is 12.1 Å². The Bertz CT molecular complexity index is 405. The number of hydrogen-bond donors (Lipinski definition) is 1. The number of phenolic OH excluding ortho intramolecular Hbond substituents is 1. The molecule has 0 radical (unpaired) electrons. The summed E-state index contributed by atoms with van der Waals surface area (Å²) in [5.41, 5.74) is 1.59. The number of rotatable bonds is 1. The van der Waals surface area contributed by atoms with Crippen LogP contribution in [0.3, 0.4) is 0 Å². The van der Waals surface area contributed by atoms with Gasteiger partial charge >= 0.3 is 0 Å². The van der Waals surface area contributed by atoms with Crippen LogP contribution in [0, 0.1) is 0 Å². The fraction of sp³-hybridized carbons (Fsp3) is 0.308. The molecule has 0 saturated heterocycles. The molecule has 2 heteroatoms. The molecule has 0 bridgehead atoms. The lowest BCUT2D eigenvalue weighted by Crippen LogP contribution is -2.07. The molecule has 0 atom stereocenters. The highest BCUT2D eigenvalue weighted by Gasteiger charge is 2.14. The summed E-state index contributed by atoms with van der Waals surface area (Å²) in [6.45, 7) is 0. The maximum atomic E-state index is 11.6. The van der Waals surface area contributed by atoms with Gasteiger partial charge in [-0.2, -0.15) is 0 Å². The van der Waals surface area contributed by atoms with Crippen molar-refractivity contribution in [2.24, 2.45) is 0 Å². The highest BCUT2D eigenvalue weighted by molar-refractivity contribution is 6.00. The van der Waals surface area contributed by atoms with Crippen LogP contribution in [0.15, 0.2) is 29.8 Å². The normalized spacial score (nSPS) is 19.5. The van der Waals surface area contributed by atoms with Crippen LogP contribution >= 0.6 is 0 Å². The highest BCUT2D eigenvalue weighted by atomic mass is 16.3. The van der Waals surface area contributed by atoms with Crippen LogP contribution in [-0.2, 0) is 4.79 Å². The molecule has 0 spiro atoms. The molecule has 1 aliphatic carbocycles. The summed E-state index contributed by atoms with van der Waals surface area (Å²) in [4.78, 5) is 11.6. The molecule has 15 heavy (non-hydrogen) atoms. The fourth-order valence-electron chi connectivity index (χ4n) is 1.85. The molecule has 0 unspecified atom stereocenters. The molecule has 1 fully saturated rings. The van der Waals surface area contributed by atoms with E-state index in [9.17, 15) is 9.90 Å². The number of aromatic hydroxyl groups is 1. The van der Waals surface area contributed by atoms with Crippen LogP contribution in [0.2, 0.25) is 0 Å². The Hall–Kier alpha value is -1.57.